The smallest absolute Gasteiger partial charge is 0.297 e. The molecule has 164 valence electrons. The summed E-state index contributed by atoms with van der Waals surface area (Å²) in [4.78, 5) is -0.940. The van der Waals surface area contributed by atoms with Gasteiger partial charge in [0.25, 0.3) is 20.2 Å². The third kappa shape index (κ3) is 5.13. The fraction of sp³-hybridized carbons (Fsp3) is 0.125. The number of hydrogen-bond acceptors (Lipinski definition) is 12. The number of anilines is 2. The normalized spacial score (nSPS) is 12.3. The summed E-state index contributed by atoms with van der Waals surface area (Å²) in [6, 6.07) is 6.34. The molecule has 0 radical (unpaired) electrons. The van der Waals surface area contributed by atoms with E-state index in [4.69, 9.17) is 10.4 Å². The van der Waals surface area contributed by atoms with Crippen LogP contribution in [0.1, 0.15) is 11.1 Å². The van der Waals surface area contributed by atoms with E-state index in [1.807, 2.05) is 0 Å². The maximum Gasteiger partial charge on any atom is 0.297 e. The van der Waals surface area contributed by atoms with Gasteiger partial charge in [-0.1, -0.05) is 24.3 Å². The molecule has 14 heteroatoms. The second-order valence-corrected chi connectivity index (χ2v) is 8.93. The van der Waals surface area contributed by atoms with Gasteiger partial charge in [-0.3, -0.25) is 18.8 Å². The molecule has 2 aromatic rings. The van der Waals surface area contributed by atoms with Gasteiger partial charge < -0.3 is 15.6 Å². The average molecular weight is 460 g/mol. The summed E-state index contributed by atoms with van der Waals surface area (Å²) < 4.78 is 57.5. The lowest BCUT2D eigenvalue weighted by Gasteiger charge is -2.37. The Balaban J connectivity index is 2.65. The Hall–Kier alpha value is -2.56. The Morgan fingerprint density at radius 2 is 1.20 bits per heavy atom. The van der Waals surface area contributed by atoms with Crippen molar-refractivity contribution in [1.29, 1.82) is 0 Å². The van der Waals surface area contributed by atoms with Crippen molar-refractivity contribution in [3.8, 4) is 0 Å². The van der Waals surface area contributed by atoms with Gasteiger partial charge in [0.1, 0.15) is 9.79 Å². The van der Waals surface area contributed by atoms with Gasteiger partial charge in [-0.05, 0) is 35.4 Å². The van der Waals surface area contributed by atoms with Crippen molar-refractivity contribution in [3.63, 3.8) is 0 Å². The highest BCUT2D eigenvalue weighted by Gasteiger charge is 2.20. The predicted molar refractivity (Wildman–Crippen MR) is 105 cm³/mol. The molecule has 0 aliphatic carbocycles. The standard InChI is InChI=1S/C16H16N2O10S2/c1-27-29(23,24)15-9-13(17(19)20)7-5-11(15)3-4-12-6-8-14(18(21)22)10-16(12)30(25,26)28-2/h3-10,19-20H,1-2H3/q-2. The van der Waals surface area contributed by atoms with Crippen LogP contribution in [0.15, 0.2) is 46.2 Å². The van der Waals surface area contributed by atoms with Crippen molar-refractivity contribution in [2.24, 2.45) is 0 Å². The molecule has 0 saturated heterocycles. The van der Waals surface area contributed by atoms with E-state index in [9.17, 15) is 27.3 Å². The average Bonchev–Trinajstić information content (AvgIpc) is 2.71. The van der Waals surface area contributed by atoms with Crippen LogP contribution in [0.3, 0.4) is 0 Å². The van der Waals surface area contributed by atoms with E-state index in [2.05, 4.69) is 8.37 Å². The molecule has 0 aromatic heterocycles. The number of benzene rings is 2. The first-order valence-corrected chi connectivity index (χ1v) is 10.6. The largest absolute Gasteiger partial charge is 0.769 e. The third-order valence-corrected chi connectivity index (χ3v) is 6.52. The second kappa shape index (κ2) is 9.07. The highest BCUT2D eigenvalue weighted by atomic mass is 32.2. The molecule has 0 aliphatic heterocycles. The Morgan fingerprint density at radius 1 is 0.800 bits per heavy atom. The molecule has 0 fully saturated rings. The van der Waals surface area contributed by atoms with Crippen LogP contribution in [-0.2, 0) is 28.6 Å². The summed E-state index contributed by atoms with van der Waals surface area (Å²) in [5.41, 5.74) is -0.763. The molecule has 2 rings (SSSR count). The minimum absolute atomic E-state index is 0.0153. The van der Waals surface area contributed by atoms with E-state index in [1.54, 1.807) is 0 Å². The predicted octanol–water partition coefficient (Wildman–Crippen LogP) is 1.91. The zero-order valence-corrected chi connectivity index (χ0v) is 17.1. The molecule has 2 N–H and O–H groups in total. The van der Waals surface area contributed by atoms with Crippen molar-refractivity contribution in [2.45, 2.75) is 9.79 Å². The summed E-state index contributed by atoms with van der Waals surface area (Å²) in [5, 5.41) is 39.1. The van der Waals surface area contributed by atoms with E-state index in [-0.39, 0.29) is 22.0 Å². The first-order valence-electron chi connectivity index (χ1n) is 7.82. The maximum atomic E-state index is 12.2. The van der Waals surface area contributed by atoms with E-state index in [1.165, 1.54) is 24.3 Å². The molecule has 0 unspecified atom stereocenters. The van der Waals surface area contributed by atoms with Crippen molar-refractivity contribution >= 4 is 43.8 Å². The topological polar surface area (TPSA) is 180 Å². The first kappa shape index (κ1) is 23.7. The molecule has 12 nitrogen and oxygen atoms in total. The zero-order valence-electron chi connectivity index (χ0n) is 15.5. The highest BCUT2D eigenvalue weighted by molar-refractivity contribution is 7.87. The molecular formula is C16H16N2O10S2-2. The Labute approximate surface area is 172 Å². The lowest BCUT2D eigenvalue weighted by molar-refractivity contribution is 0.0290. The summed E-state index contributed by atoms with van der Waals surface area (Å²) >= 11 is 0. The van der Waals surface area contributed by atoms with Crippen molar-refractivity contribution in [3.05, 3.63) is 57.9 Å². The summed E-state index contributed by atoms with van der Waals surface area (Å²) in [5.74, 6) is 0. The fourth-order valence-electron chi connectivity index (χ4n) is 2.35. The fourth-order valence-corrected chi connectivity index (χ4v) is 4.09. The van der Waals surface area contributed by atoms with Gasteiger partial charge in [-0.2, -0.15) is 16.8 Å². The van der Waals surface area contributed by atoms with Crippen LogP contribution in [0.25, 0.3) is 12.2 Å². The summed E-state index contributed by atoms with van der Waals surface area (Å²) in [7, 11) is -6.81. The van der Waals surface area contributed by atoms with Crippen LogP contribution in [0.4, 0.5) is 11.4 Å². The van der Waals surface area contributed by atoms with E-state index in [0.29, 0.717) is 0 Å². The van der Waals surface area contributed by atoms with Crippen LogP contribution in [-0.4, -0.2) is 41.5 Å². The molecule has 2 aromatic carbocycles. The number of hydrogen-bond donors (Lipinski definition) is 2. The Morgan fingerprint density at radius 3 is 1.57 bits per heavy atom. The first-order chi connectivity index (χ1) is 13.9. The van der Waals surface area contributed by atoms with Crippen molar-refractivity contribution in [2.75, 3.05) is 24.7 Å². The molecule has 30 heavy (non-hydrogen) atoms. The molecule has 0 aliphatic rings. The van der Waals surface area contributed by atoms with Crippen LogP contribution in [0.5, 0.6) is 0 Å². The quantitative estimate of drug-likeness (QED) is 0.332. The van der Waals surface area contributed by atoms with Gasteiger partial charge in [0, 0.05) is 5.69 Å². The van der Waals surface area contributed by atoms with Crippen LogP contribution < -0.4 is 10.5 Å². The van der Waals surface area contributed by atoms with Gasteiger partial charge in [0.2, 0.25) is 0 Å². The Bertz CT molecular complexity index is 1070. The molecule has 0 amide bonds. The second-order valence-electron chi connectivity index (χ2n) is 5.57. The van der Waals surface area contributed by atoms with Gasteiger partial charge in [0.05, 0.1) is 19.9 Å². The lowest BCUT2D eigenvalue weighted by atomic mass is 10.1. The molecule has 0 bridgehead atoms. The number of rotatable bonds is 8. The van der Waals surface area contributed by atoms with Gasteiger partial charge >= 0.3 is 0 Å². The van der Waals surface area contributed by atoms with Gasteiger partial charge in [0.15, 0.2) is 0 Å². The van der Waals surface area contributed by atoms with Gasteiger partial charge in [-0.15, -0.1) is 5.23 Å². The highest BCUT2D eigenvalue weighted by Crippen LogP contribution is 2.28. The SMILES string of the molecule is COS(=O)(=O)c1cc(N([O-])[O-])ccc1C=Cc1ccc(N(O)O)cc1S(=O)(=O)OC. The van der Waals surface area contributed by atoms with Gasteiger partial charge in [-0.25, -0.2) is 0 Å². The third-order valence-electron chi connectivity index (χ3n) is 3.86. The molecule has 0 atom stereocenters. The minimum atomic E-state index is -4.32. The monoisotopic (exact) mass is 460 g/mol. The number of nitrogens with zero attached hydrogens (tertiary/aromatic N) is 2. The molecular weight excluding hydrogens is 444 g/mol. The molecule has 0 heterocycles. The lowest BCUT2D eigenvalue weighted by Crippen LogP contribution is -2.13. The van der Waals surface area contributed by atoms with E-state index >= 15 is 0 Å². The molecule has 0 spiro atoms. The van der Waals surface area contributed by atoms with E-state index in [0.717, 1.165) is 38.5 Å². The summed E-state index contributed by atoms with van der Waals surface area (Å²) in [6.45, 7) is 0. The van der Waals surface area contributed by atoms with Crippen molar-refractivity contribution in [1.82, 2.24) is 0 Å². The van der Waals surface area contributed by atoms with Crippen molar-refractivity contribution < 1.29 is 35.6 Å². The van der Waals surface area contributed by atoms with Crippen LogP contribution in [0, 0.1) is 10.4 Å². The zero-order chi connectivity index (χ0) is 22.7. The summed E-state index contributed by atoms with van der Waals surface area (Å²) in [6.07, 6.45) is 2.42. The van der Waals surface area contributed by atoms with Crippen LogP contribution >= 0.6 is 0 Å². The maximum absolute atomic E-state index is 12.2. The minimum Gasteiger partial charge on any atom is -0.769 e. The van der Waals surface area contributed by atoms with Crippen LogP contribution in [0.2, 0.25) is 0 Å². The van der Waals surface area contributed by atoms with E-state index < -0.39 is 40.9 Å². The Kier molecular flexibility index (Phi) is 7.17. The molecule has 0 saturated carbocycles.